The molecule has 0 saturated heterocycles. The lowest BCUT2D eigenvalue weighted by atomic mass is 10.2. The van der Waals surface area contributed by atoms with Crippen molar-refractivity contribution in [3.05, 3.63) is 11.1 Å². The predicted molar refractivity (Wildman–Crippen MR) is 92.8 cm³/mol. The Labute approximate surface area is 150 Å². The summed E-state index contributed by atoms with van der Waals surface area (Å²) in [5.41, 5.74) is -1.66. The van der Waals surface area contributed by atoms with Gasteiger partial charge in [0.1, 0.15) is 11.2 Å². The Morgan fingerprint density at radius 3 is 1.92 bits per heavy atom. The van der Waals surface area contributed by atoms with Gasteiger partial charge < -0.3 is 19.3 Å². The first kappa shape index (κ1) is 21.6. The van der Waals surface area contributed by atoms with Crippen LogP contribution in [-0.2, 0) is 20.2 Å². The number of amides is 2. The Kier molecular flexibility index (Phi) is 6.39. The summed E-state index contributed by atoms with van der Waals surface area (Å²) < 4.78 is 21.5. The summed E-state index contributed by atoms with van der Waals surface area (Å²) in [6, 6.07) is 0. The third-order valence-corrected chi connectivity index (χ3v) is 3.86. The van der Waals surface area contributed by atoms with Gasteiger partial charge in [-0.15, -0.1) is 11.3 Å². The molecule has 0 aliphatic carbocycles. The van der Waals surface area contributed by atoms with Crippen LogP contribution in [0, 0.1) is 0 Å². The Hall–Kier alpha value is -1.48. The molecule has 1 heterocycles. The van der Waals surface area contributed by atoms with Crippen molar-refractivity contribution in [2.75, 3.05) is 4.90 Å². The van der Waals surface area contributed by atoms with E-state index in [4.69, 9.17) is 19.3 Å². The molecule has 0 bridgehead atoms. The largest absolute Gasteiger partial charge is 0.443 e. The number of carbonyl (C=O) groups is 2. The first-order chi connectivity index (χ1) is 11.1. The van der Waals surface area contributed by atoms with E-state index in [9.17, 15) is 14.2 Å². The zero-order valence-electron chi connectivity index (χ0n) is 15.0. The van der Waals surface area contributed by atoms with Crippen LogP contribution in [0.3, 0.4) is 0 Å². The van der Waals surface area contributed by atoms with Crippen molar-refractivity contribution in [2.45, 2.75) is 58.9 Å². The van der Waals surface area contributed by atoms with Gasteiger partial charge in [-0.3, -0.25) is 4.57 Å². The highest BCUT2D eigenvalue weighted by Gasteiger charge is 2.34. The Morgan fingerprint density at radius 1 is 1.12 bits per heavy atom. The van der Waals surface area contributed by atoms with Gasteiger partial charge in [0.05, 0.1) is 11.9 Å². The number of hydrogen-bond acceptors (Lipinski definition) is 7. The van der Waals surface area contributed by atoms with E-state index in [-0.39, 0.29) is 10.8 Å². The molecular weight excluding hydrogens is 371 g/mol. The molecule has 0 saturated carbocycles. The van der Waals surface area contributed by atoms with Crippen LogP contribution in [0.5, 0.6) is 0 Å². The second-order valence-electron chi connectivity index (χ2n) is 7.24. The van der Waals surface area contributed by atoms with Crippen LogP contribution in [-0.4, -0.2) is 38.2 Å². The molecule has 1 aromatic heterocycles. The third kappa shape index (κ3) is 7.96. The van der Waals surface area contributed by atoms with Crippen molar-refractivity contribution >= 4 is 36.3 Å². The smallest absolute Gasteiger partial charge is 0.426 e. The summed E-state index contributed by atoms with van der Waals surface area (Å²) in [7, 11) is -4.33. The summed E-state index contributed by atoms with van der Waals surface area (Å²) in [6.45, 7) is 9.83. The van der Waals surface area contributed by atoms with Crippen molar-refractivity contribution in [1.29, 1.82) is 0 Å². The van der Waals surface area contributed by atoms with Gasteiger partial charge in [0, 0.05) is 5.38 Å². The van der Waals surface area contributed by atoms with Crippen molar-refractivity contribution < 1.29 is 33.4 Å². The van der Waals surface area contributed by atoms with Crippen molar-refractivity contribution in [1.82, 2.24) is 4.98 Å². The molecule has 0 spiro atoms. The molecule has 25 heavy (non-hydrogen) atoms. The average Bonchev–Trinajstić information content (AvgIpc) is 2.69. The van der Waals surface area contributed by atoms with Crippen molar-refractivity contribution in [3.63, 3.8) is 0 Å². The van der Waals surface area contributed by atoms with E-state index in [0.717, 1.165) is 11.3 Å². The lowest BCUT2D eigenvalue weighted by molar-refractivity contribution is 0.0430. The highest BCUT2D eigenvalue weighted by molar-refractivity contribution is 7.50. The van der Waals surface area contributed by atoms with E-state index < -0.39 is 37.1 Å². The minimum absolute atomic E-state index is 0.0606. The number of hydrogen-bond donors (Lipinski definition) is 2. The number of anilines is 1. The van der Waals surface area contributed by atoms with Gasteiger partial charge in [-0.25, -0.2) is 14.6 Å². The van der Waals surface area contributed by atoms with Crippen LogP contribution in [0.15, 0.2) is 5.38 Å². The number of imide groups is 1. The summed E-state index contributed by atoms with van der Waals surface area (Å²) >= 11 is 0.877. The van der Waals surface area contributed by atoms with E-state index in [0.29, 0.717) is 4.90 Å². The van der Waals surface area contributed by atoms with E-state index in [1.165, 1.54) is 5.38 Å². The molecule has 9 nitrogen and oxygen atoms in total. The summed E-state index contributed by atoms with van der Waals surface area (Å²) in [5.74, 6) is 0. The number of nitrogens with zero attached hydrogens (tertiary/aromatic N) is 2. The maximum Gasteiger partial charge on any atom is 0.426 e. The van der Waals surface area contributed by atoms with E-state index in [2.05, 4.69) is 4.98 Å². The maximum absolute atomic E-state index is 12.4. The Bertz CT molecular complexity index is 656. The molecule has 0 fully saturated rings. The Balaban J connectivity index is 3.16. The molecule has 0 aromatic carbocycles. The molecule has 0 unspecified atom stereocenters. The molecule has 2 N–H and O–H groups in total. The number of thiazole rings is 1. The minimum atomic E-state index is -4.33. The lowest BCUT2D eigenvalue weighted by Crippen LogP contribution is -2.43. The van der Waals surface area contributed by atoms with Crippen LogP contribution in [0.4, 0.5) is 14.7 Å². The van der Waals surface area contributed by atoms with Crippen LogP contribution in [0.2, 0.25) is 0 Å². The van der Waals surface area contributed by atoms with Gasteiger partial charge in [0.25, 0.3) is 0 Å². The zero-order valence-corrected chi connectivity index (χ0v) is 16.7. The SMILES string of the molecule is CC(C)(C)OC(=O)N(C(=O)OC(C)(C)C)c1nc(CP(=O)(O)O)cs1. The molecule has 1 aromatic rings. The monoisotopic (exact) mass is 394 g/mol. The predicted octanol–water partition coefficient (Wildman–Crippen LogP) is 3.50. The molecular formula is C14H23N2O7PS. The normalized spacial score (nSPS) is 12.6. The van der Waals surface area contributed by atoms with Crippen LogP contribution in [0.25, 0.3) is 0 Å². The fourth-order valence-electron chi connectivity index (χ4n) is 1.53. The standard InChI is InChI=1S/C14H23N2O7PS/c1-13(2,3)22-11(17)16(12(18)23-14(4,5)6)10-15-9(8-25-10)7-24(19,20)21/h8H,7H2,1-6H3,(H2,19,20,21). The van der Waals surface area contributed by atoms with Gasteiger partial charge in [-0.1, -0.05) is 0 Å². The molecule has 0 radical (unpaired) electrons. The number of rotatable bonds is 3. The molecule has 2 amide bonds. The minimum Gasteiger partial charge on any atom is -0.443 e. The van der Waals surface area contributed by atoms with E-state index in [1.54, 1.807) is 41.5 Å². The number of carbonyl (C=O) groups excluding carboxylic acids is 2. The summed E-state index contributed by atoms with van der Waals surface area (Å²) in [4.78, 5) is 47.4. The molecule has 11 heteroatoms. The molecule has 0 aliphatic rings. The van der Waals surface area contributed by atoms with Gasteiger partial charge in [0.15, 0.2) is 0 Å². The second-order valence-corrected chi connectivity index (χ2v) is 9.72. The first-order valence-corrected chi connectivity index (χ1v) is 10.0. The molecule has 142 valence electrons. The highest BCUT2D eigenvalue weighted by atomic mass is 32.1. The second kappa shape index (κ2) is 7.41. The van der Waals surface area contributed by atoms with Crippen LogP contribution >= 0.6 is 18.9 Å². The molecule has 0 aliphatic heterocycles. The quantitative estimate of drug-likeness (QED) is 0.746. The first-order valence-electron chi connectivity index (χ1n) is 7.32. The highest BCUT2D eigenvalue weighted by Crippen LogP contribution is 2.40. The molecule has 0 atom stereocenters. The number of ether oxygens (including phenoxy) is 2. The average molecular weight is 394 g/mol. The number of aromatic nitrogens is 1. The van der Waals surface area contributed by atoms with Gasteiger partial charge in [0.2, 0.25) is 5.13 Å². The third-order valence-electron chi connectivity index (χ3n) is 2.25. The van der Waals surface area contributed by atoms with Crippen molar-refractivity contribution in [2.24, 2.45) is 0 Å². The maximum atomic E-state index is 12.4. The van der Waals surface area contributed by atoms with Gasteiger partial charge >= 0.3 is 19.8 Å². The van der Waals surface area contributed by atoms with E-state index >= 15 is 0 Å². The van der Waals surface area contributed by atoms with Gasteiger partial charge in [-0.05, 0) is 41.5 Å². The van der Waals surface area contributed by atoms with Crippen LogP contribution < -0.4 is 4.90 Å². The fraction of sp³-hybridized carbons (Fsp3) is 0.643. The topological polar surface area (TPSA) is 126 Å². The fourth-order valence-corrected chi connectivity index (χ4v) is 3.04. The zero-order chi connectivity index (χ0) is 19.6. The molecule has 1 rings (SSSR count). The lowest BCUT2D eigenvalue weighted by Gasteiger charge is -2.27. The van der Waals surface area contributed by atoms with Gasteiger partial charge in [-0.2, -0.15) is 4.90 Å². The van der Waals surface area contributed by atoms with Crippen molar-refractivity contribution in [3.8, 4) is 0 Å². The van der Waals surface area contributed by atoms with Crippen LogP contribution in [0.1, 0.15) is 47.2 Å². The summed E-state index contributed by atoms with van der Waals surface area (Å²) in [6.07, 6.45) is -2.57. The Morgan fingerprint density at radius 2 is 1.56 bits per heavy atom. The van der Waals surface area contributed by atoms with E-state index in [1.807, 2.05) is 0 Å². The summed E-state index contributed by atoms with van der Waals surface area (Å²) in [5, 5.41) is 1.27.